The van der Waals surface area contributed by atoms with Crippen molar-refractivity contribution in [3.8, 4) is 0 Å². The van der Waals surface area contributed by atoms with E-state index in [9.17, 15) is 14.3 Å². The summed E-state index contributed by atoms with van der Waals surface area (Å²) in [7, 11) is 0. The van der Waals surface area contributed by atoms with Crippen LogP contribution in [0.3, 0.4) is 0 Å². The Balaban J connectivity index is 2.23. The highest BCUT2D eigenvalue weighted by atomic mass is 19.1. The van der Waals surface area contributed by atoms with Crippen molar-refractivity contribution < 1.29 is 19.0 Å². The van der Waals surface area contributed by atoms with Crippen molar-refractivity contribution in [2.24, 2.45) is 4.99 Å². The number of anilines is 1. The number of carbonyl (C=O) groups excluding carboxylic acids is 1. The van der Waals surface area contributed by atoms with Gasteiger partial charge in [-0.1, -0.05) is 29.8 Å². The van der Waals surface area contributed by atoms with Crippen LogP contribution in [-0.4, -0.2) is 43.2 Å². The van der Waals surface area contributed by atoms with E-state index in [0.29, 0.717) is 13.0 Å². The van der Waals surface area contributed by atoms with Crippen LogP contribution in [0.25, 0.3) is 0 Å². The lowest BCUT2D eigenvalue weighted by atomic mass is 10.1. The van der Waals surface area contributed by atoms with Crippen molar-refractivity contribution in [2.75, 3.05) is 24.6 Å². The van der Waals surface area contributed by atoms with Crippen molar-refractivity contribution >= 4 is 18.4 Å². The third-order valence-electron chi connectivity index (χ3n) is 4.26. The van der Waals surface area contributed by atoms with E-state index in [0.717, 1.165) is 16.8 Å². The summed E-state index contributed by atoms with van der Waals surface area (Å²) < 4.78 is 18.0. The molecule has 1 atom stereocenters. The van der Waals surface area contributed by atoms with Gasteiger partial charge in [0.25, 0.3) is 5.72 Å². The predicted octanol–water partition coefficient (Wildman–Crippen LogP) is 3.14. The highest BCUT2D eigenvalue weighted by molar-refractivity contribution is 5.80. The lowest BCUT2D eigenvalue weighted by Crippen LogP contribution is -2.49. The number of rotatable bonds is 9. The van der Waals surface area contributed by atoms with Gasteiger partial charge in [0.05, 0.1) is 13.2 Å². The van der Waals surface area contributed by atoms with Crippen LogP contribution in [0, 0.1) is 12.7 Å². The molecule has 2 rings (SSSR count). The smallest absolute Gasteiger partial charge is 0.363 e. The number of nitrogens with zero attached hydrogens (tertiary/aromatic N) is 2. The highest BCUT2D eigenvalue weighted by Gasteiger charge is 2.38. The first-order chi connectivity index (χ1) is 12.9. The molecule has 6 heteroatoms. The average molecular weight is 372 g/mol. The Morgan fingerprint density at radius 2 is 1.85 bits per heavy atom. The van der Waals surface area contributed by atoms with E-state index in [1.807, 2.05) is 36.1 Å². The van der Waals surface area contributed by atoms with Crippen LogP contribution in [0.15, 0.2) is 53.5 Å². The van der Waals surface area contributed by atoms with Crippen molar-refractivity contribution in [1.29, 1.82) is 0 Å². The fourth-order valence-electron chi connectivity index (χ4n) is 2.66. The molecule has 0 fully saturated rings. The van der Waals surface area contributed by atoms with E-state index in [2.05, 4.69) is 11.7 Å². The van der Waals surface area contributed by atoms with Gasteiger partial charge in [-0.15, -0.1) is 0 Å². The molecule has 5 nitrogen and oxygen atoms in total. The summed E-state index contributed by atoms with van der Waals surface area (Å²) in [5.74, 6) is -1.12. The zero-order chi connectivity index (χ0) is 19.9. The van der Waals surface area contributed by atoms with E-state index < -0.39 is 11.7 Å². The molecule has 0 spiro atoms. The van der Waals surface area contributed by atoms with Crippen LogP contribution in [0.5, 0.6) is 0 Å². The first-order valence-electron chi connectivity index (χ1n) is 8.81. The molecule has 0 aliphatic heterocycles. The summed E-state index contributed by atoms with van der Waals surface area (Å²) in [5, 5.41) is 10.6. The number of esters is 1. The lowest BCUT2D eigenvalue weighted by molar-refractivity contribution is -0.163. The molecule has 2 aromatic rings. The number of carbonyl (C=O) groups is 1. The van der Waals surface area contributed by atoms with Gasteiger partial charge in [0.1, 0.15) is 5.82 Å². The van der Waals surface area contributed by atoms with Gasteiger partial charge in [-0.2, -0.15) is 0 Å². The minimum absolute atomic E-state index is 0.0976. The third kappa shape index (κ3) is 5.62. The molecule has 0 radical (unpaired) electrons. The molecule has 0 saturated carbocycles. The van der Waals surface area contributed by atoms with E-state index in [1.165, 1.54) is 12.1 Å². The summed E-state index contributed by atoms with van der Waals surface area (Å²) in [6.45, 7) is 7.53. The molecule has 0 heterocycles. The molecular weight excluding hydrogens is 347 g/mol. The fraction of sp³-hybridized carbons (Fsp3) is 0.333. The largest absolute Gasteiger partial charge is 0.462 e. The Labute approximate surface area is 159 Å². The molecule has 0 aliphatic rings. The van der Waals surface area contributed by atoms with Gasteiger partial charge in [-0.25, -0.2) is 9.18 Å². The van der Waals surface area contributed by atoms with E-state index in [4.69, 9.17) is 4.74 Å². The van der Waals surface area contributed by atoms with Crippen LogP contribution < -0.4 is 4.90 Å². The van der Waals surface area contributed by atoms with E-state index in [-0.39, 0.29) is 19.0 Å². The molecule has 1 N–H and O–H groups in total. The summed E-state index contributed by atoms with van der Waals surface area (Å²) in [6, 6.07) is 14.0. The van der Waals surface area contributed by atoms with Gasteiger partial charge in [0, 0.05) is 12.2 Å². The molecule has 0 amide bonds. The molecular formula is C21H25FN2O3. The van der Waals surface area contributed by atoms with Crippen molar-refractivity contribution in [3.05, 3.63) is 65.5 Å². The molecule has 0 aromatic heterocycles. The van der Waals surface area contributed by atoms with Crippen molar-refractivity contribution in [2.45, 2.75) is 26.0 Å². The number of benzene rings is 2. The molecule has 27 heavy (non-hydrogen) atoms. The second-order valence-corrected chi connectivity index (χ2v) is 6.33. The number of hydrogen-bond acceptors (Lipinski definition) is 5. The number of ether oxygens (including phenoxy) is 1. The first kappa shape index (κ1) is 20.6. The van der Waals surface area contributed by atoms with Crippen LogP contribution >= 0.6 is 0 Å². The monoisotopic (exact) mass is 372 g/mol. The minimum Gasteiger partial charge on any atom is -0.462 e. The summed E-state index contributed by atoms with van der Waals surface area (Å²) in [5.41, 5.74) is 0.803. The lowest BCUT2D eigenvalue weighted by Gasteiger charge is -2.31. The van der Waals surface area contributed by atoms with Gasteiger partial charge in [0.2, 0.25) is 0 Å². The van der Waals surface area contributed by atoms with Gasteiger partial charge in [0.15, 0.2) is 0 Å². The van der Waals surface area contributed by atoms with E-state index in [1.54, 1.807) is 19.1 Å². The zero-order valence-corrected chi connectivity index (χ0v) is 15.7. The first-order valence-corrected chi connectivity index (χ1v) is 8.81. The molecule has 0 aliphatic carbocycles. The maximum Gasteiger partial charge on any atom is 0.363 e. The van der Waals surface area contributed by atoms with Crippen molar-refractivity contribution in [1.82, 2.24) is 0 Å². The van der Waals surface area contributed by atoms with Crippen molar-refractivity contribution in [3.63, 3.8) is 0 Å². The third-order valence-corrected chi connectivity index (χ3v) is 4.26. The van der Waals surface area contributed by atoms with Crippen LogP contribution in [0.2, 0.25) is 0 Å². The Morgan fingerprint density at radius 3 is 2.41 bits per heavy atom. The summed E-state index contributed by atoms with van der Waals surface area (Å²) in [6.07, 6.45) is 0.601. The number of aliphatic hydroxyl groups is 1. The molecule has 0 bridgehead atoms. The Kier molecular flexibility index (Phi) is 7.07. The number of aryl methyl sites for hydroxylation is 1. The quantitative estimate of drug-likeness (QED) is 0.543. The Morgan fingerprint density at radius 1 is 1.22 bits per heavy atom. The maximum atomic E-state index is 13.1. The molecule has 0 saturated heterocycles. The molecule has 1 unspecified atom stereocenters. The zero-order valence-electron chi connectivity index (χ0n) is 15.7. The van der Waals surface area contributed by atoms with E-state index >= 15 is 0 Å². The molecule has 144 valence electrons. The fourth-order valence-corrected chi connectivity index (χ4v) is 2.66. The number of hydrogen-bond donors (Lipinski definition) is 1. The number of aliphatic imine (C=N–C) groups is 1. The van der Waals surface area contributed by atoms with Crippen LogP contribution in [0.1, 0.15) is 18.1 Å². The SMILES string of the molecule is C=NC(O)(CN(CCc1ccc(F)cc1)c1ccc(C)cc1)C(=O)OCC. The predicted molar refractivity (Wildman–Crippen MR) is 105 cm³/mol. The highest BCUT2D eigenvalue weighted by Crippen LogP contribution is 2.21. The van der Waals surface area contributed by atoms with Gasteiger partial charge in [-0.3, -0.25) is 4.99 Å². The van der Waals surface area contributed by atoms with Gasteiger partial charge in [-0.05, 0) is 56.8 Å². The topological polar surface area (TPSA) is 62.1 Å². The van der Waals surface area contributed by atoms with Crippen LogP contribution in [-0.2, 0) is 16.0 Å². The average Bonchev–Trinajstić information content (AvgIpc) is 2.67. The maximum absolute atomic E-state index is 13.1. The Bertz CT molecular complexity index is 762. The second-order valence-electron chi connectivity index (χ2n) is 6.33. The summed E-state index contributed by atoms with van der Waals surface area (Å²) >= 11 is 0. The van der Waals surface area contributed by atoms with Gasteiger partial charge >= 0.3 is 5.97 Å². The summed E-state index contributed by atoms with van der Waals surface area (Å²) in [4.78, 5) is 17.6. The number of halogens is 1. The normalized spacial score (nSPS) is 12.9. The van der Waals surface area contributed by atoms with Gasteiger partial charge < -0.3 is 14.7 Å². The molecule has 2 aromatic carbocycles. The Hall–Kier alpha value is -2.73. The standard InChI is InChI=1S/C21H25FN2O3/c1-4-27-20(25)21(26,23-3)15-24(19-11-5-16(2)6-12-19)14-13-17-7-9-18(22)10-8-17/h5-12,26H,3-4,13-15H2,1-2H3. The van der Waals surface area contributed by atoms with Crippen LogP contribution in [0.4, 0.5) is 10.1 Å². The second kappa shape index (κ2) is 9.28. The minimum atomic E-state index is -2.07.